The largest absolute Gasteiger partial charge is 0.494 e. The van der Waals surface area contributed by atoms with Crippen molar-refractivity contribution >= 4 is 0 Å². The van der Waals surface area contributed by atoms with Gasteiger partial charge >= 0.3 is 0 Å². The molecule has 2 N–H and O–H groups in total. The topological polar surface area (TPSA) is 35.2 Å². The molecule has 2 rings (SSSR count). The molecule has 0 saturated heterocycles. The molecule has 0 bridgehead atoms. The summed E-state index contributed by atoms with van der Waals surface area (Å²) in [5.41, 5.74) is 8.70. The van der Waals surface area contributed by atoms with E-state index in [0.717, 1.165) is 25.2 Å². The summed E-state index contributed by atoms with van der Waals surface area (Å²) in [5, 5.41) is 0. The zero-order chi connectivity index (χ0) is 9.97. The normalized spacial score (nSPS) is 20.3. The smallest absolute Gasteiger partial charge is 0.119 e. The highest BCUT2D eigenvalue weighted by atomic mass is 16.5. The first-order valence-electron chi connectivity index (χ1n) is 5.32. The van der Waals surface area contributed by atoms with Crippen LogP contribution in [0.2, 0.25) is 0 Å². The highest BCUT2D eigenvalue weighted by Crippen LogP contribution is 2.30. The first-order chi connectivity index (χ1) is 6.81. The summed E-state index contributed by atoms with van der Waals surface area (Å²) in [6.07, 6.45) is 3.45. The third kappa shape index (κ3) is 1.75. The molecule has 2 heteroatoms. The lowest BCUT2D eigenvalue weighted by Gasteiger charge is -2.22. The van der Waals surface area contributed by atoms with Crippen LogP contribution in [0.15, 0.2) is 18.2 Å². The van der Waals surface area contributed by atoms with Crippen LogP contribution in [-0.2, 0) is 6.42 Å². The Morgan fingerprint density at radius 3 is 3.14 bits per heavy atom. The zero-order valence-corrected chi connectivity index (χ0v) is 8.62. The van der Waals surface area contributed by atoms with Crippen LogP contribution < -0.4 is 10.5 Å². The fraction of sp³-hybridized carbons (Fsp3) is 0.500. The van der Waals surface area contributed by atoms with Gasteiger partial charge in [-0.1, -0.05) is 6.07 Å². The van der Waals surface area contributed by atoms with E-state index in [1.54, 1.807) is 0 Å². The van der Waals surface area contributed by atoms with Gasteiger partial charge < -0.3 is 10.5 Å². The minimum atomic E-state index is 0.231. The summed E-state index contributed by atoms with van der Waals surface area (Å²) in [4.78, 5) is 0. The van der Waals surface area contributed by atoms with Gasteiger partial charge in [0.1, 0.15) is 5.75 Å². The van der Waals surface area contributed by atoms with Gasteiger partial charge in [-0.25, -0.2) is 0 Å². The quantitative estimate of drug-likeness (QED) is 0.779. The molecule has 0 heterocycles. The molecule has 1 atom stereocenters. The fourth-order valence-electron chi connectivity index (χ4n) is 2.08. The standard InChI is InChI=1S/C12H17NO/c1-2-14-10-6-7-11-9(8-10)4-3-5-12(11)13/h6-8,12H,2-5,13H2,1H3. The van der Waals surface area contributed by atoms with Gasteiger partial charge in [0.2, 0.25) is 0 Å². The van der Waals surface area contributed by atoms with Crippen molar-refractivity contribution in [3.8, 4) is 5.75 Å². The average Bonchev–Trinajstić information content (AvgIpc) is 2.18. The van der Waals surface area contributed by atoms with E-state index in [9.17, 15) is 0 Å². The molecule has 0 saturated carbocycles. The molecule has 1 aliphatic rings. The summed E-state index contributed by atoms with van der Waals surface area (Å²) in [6, 6.07) is 6.50. The van der Waals surface area contributed by atoms with Crippen LogP contribution >= 0.6 is 0 Å². The van der Waals surface area contributed by atoms with Crippen molar-refractivity contribution in [1.82, 2.24) is 0 Å². The highest BCUT2D eigenvalue weighted by molar-refractivity contribution is 5.38. The molecular weight excluding hydrogens is 174 g/mol. The molecule has 1 unspecified atom stereocenters. The summed E-state index contributed by atoms with van der Waals surface area (Å²) in [6.45, 7) is 2.73. The number of benzene rings is 1. The Bertz CT molecular complexity index is 322. The zero-order valence-electron chi connectivity index (χ0n) is 8.62. The van der Waals surface area contributed by atoms with Gasteiger partial charge in [0.15, 0.2) is 0 Å². The van der Waals surface area contributed by atoms with E-state index < -0.39 is 0 Å². The van der Waals surface area contributed by atoms with E-state index in [1.165, 1.54) is 17.5 Å². The van der Waals surface area contributed by atoms with Gasteiger partial charge in [0.05, 0.1) is 6.61 Å². The summed E-state index contributed by atoms with van der Waals surface area (Å²) >= 11 is 0. The molecule has 1 aliphatic carbocycles. The van der Waals surface area contributed by atoms with E-state index >= 15 is 0 Å². The second kappa shape index (κ2) is 4.01. The van der Waals surface area contributed by atoms with Crippen molar-refractivity contribution in [2.75, 3.05) is 6.61 Å². The first kappa shape index (κ1) is 9.53. The van der Waals surface area contributed by atoms with Crippen LogP contribution in [0.25, 0.3) is 0 Å². The minimum absolute atomic E-state index is 0.231. The lowest BCUT2D eigenvalue weighted by atomic mass is 9.88. The van der Waals surface area contributed by atoms with Crippen LogP contribution in [0.5, 0.6) is 5.75 Å². The Hall–Kier alpha value is -1.02. The monoisotopic (exact) mass is 191 g/mol. The maximum atomic E-state index is 6.03. The Balaban J connectivity index is 2.29. The van der Waals surface area contributed by atoms with E-state index in [2.05, 4.69) is 12.1 Å². The van der Waals surface area contributed by atoms with Crippen molar-refractivity contribution in [3.05, 3.63) is 29.3 Å². The van der Waals surface area contributed by atoms with Crippen LogP contribution in [0.1, 0.15) is 36.9 Å². The summed E-state index contributed by atoms with van der Waals surface area (Å²) in [7, 11) is 0. The molecule has 0 spiro atoms. The van der Waals surface area contributed by atoms with E-state index in [0.29, 0.717) is 0 Å². The number of hydrogen-bond donors (Lipinski definition) is 1. The van der Waals surface area contributed by atoms with Gasteiger partial charge in [-0.3, -0.25) is 0 Å². The molecule has 2 nitrogen and oxygen atoms in total. The Morgan fingerprint density at radius 1 is 1.50 bits per heavy atom. The highest BCUT2D eigenvalue weighted by Gasteiger charge is 2.16. The molecule has 14 heavy (non-hydrogen) atoms. The Kier molecular flexibility index (Phi) is 2.73. The molecule has 0 aromatic heterocycles. The molecule has 1 aromatic carbocycles. The fourth-order valence-corrected chi connectivity index (χ4v) is 2.08. The molecule has 76 valence electrons. The first-order valence-corrected chi connectivity index (χ1v) is 5.32. The Morgan fingerprint density at radius 2 is 2.36 bits per heavy atom. The average molecular weight is 191 g/mol. The molecular formula is C12H17NO. The third-order valence-electron chi connectivity index (χ3n) is 2.79. The third-order valence-corrected chi connectivity index (χ3v) is 2.79. The second-order valence-electron chi connectivity index (χ2n) is 3.79. The lowest BCUT2D eigenvalue weighted by Crippen LogP contribution is -2.17. The Labute approximate surface area is 85.1 Å². The number of hydrogen-bond acceptors (Lipinski definition) is 2. The lowest BCUT2D eigenvalue weighted by molar-refractivity contribution is 0.339. The summed E-state index contributed by atoms with van der Waals surface area (Å²) in [5.74, 6) is 0.973. The number of aryl methyl sites for hydroxylation is 1. The maximum Gasteiger partial charge on any atom is 0.119 e. The van der Waals surface area contributed by atoms with Gasteiger partial charge in [-0.15, -0.1) is 0 Å². The van der Waals surface area contributed by atoms with Gasteiger partial charge in [-0.05, 0) is 49.4 Å². The van der Waals surface area contributed by atoms with Crippen LogP contribution in [0.3, 0.4) is 0 Å². The van der Waals surface area contributed by atoms with Crippen molar-refractivity contribution in [2.45, 2.75) is 32.2 Å². The van der Waals surface area contributed by atoms with Gasteiger partial charge in [0, 0.05) is 6.04 Å². The predicted molar refractivity (Wildman–Crippen MR) is 57.5 cm³/mol. The number of rotatable bonds is 2. The van der Waals surface area contributed by atoms with Crippen molar-refractivity contribution in [2.24, 2.45) is 5.73 Å². The molecule has 0 amide bonds. The van der Waals surface area contributed by atoms with Gasteiger partial charge in [0.25, 0.3) is 0 Å². The molecule has 1 aromatic rings. The van der Waals surface area contributed by atoms with Crippen LogP contribution in [0.4, 0.5) is 0 Å². The van der Waals surface area contributed by atoms with Gasteiger partial charge in [-0.2, -0.15) is 0 Å². The van der Waals surface area contributed by atoms with Crippen molar-refractivity contribution < 1.29 is 4.74 Å². The summed E-state index contributed by atoms with van der Waals surface area (Å²) < 4.78 is 5.47. The van der Waals surface area contributed by atoms with Crippen molar-refractivity contribution in [3.63, 3.8) is 0 Å². The number of fused-ring (bicyclic) bond motifs is 1. The molecule has 0 radical (unpaired) electrons. The van der Waals surface area contributed by atoms with Crippen molar-refractivity contribution in [1.29, 1.82) is 0 Å². The predicted octanol–water partition coefficient (Wildman–Crippen LogP) is 2.42. The number of ether oxygens (including phenoxy) is 1. The number of nitrogens with two attached hydrogens (primary N) is 1. The molecule has 0 aliphatic heterocycles. The van der Waals surface area contributed by atoms with E-state index in [-0.39, 0.29) is 6.04 Å². The minimum Gasteiger partial charge on any atom is -0.494 e. The SMILES string of the molecule is CCOc1ccc2c(c1)CCCC2N. The van der Waals surface area contributed by atoms with Crippen LogP contribution in [-0.4, -0.2) is 6.61 Å². The van der Waals surface area contributed by atoms with Crippen LogP contribution in [0, 0.1) is 0 Å². The van der Waals surface area contributed by atoms with E-state index in [1.807, 2.05) is 13.0 Å². The molecule has 0 fully saturated rings. The van der Waals surface area contributed by atoms with E-state index in [4.69, 9.17) is 10.5 Å². The second-order valence-corrected chi connectivity index (χ2v) is 3.79. The maximum absolute atomic E-state index is 6.03.